The second-order valence-corrected chi connectivity index (χ2v) is 10.1. The van der Waals surface area contributed by atoms with E-state index in [1.165, 1.54) is 54.5 Å². The molecule has 0 aromatic heterocycles. The molecule has 7 heteroatoms. The summed E-state index contributed by atoms with van der Waals surface area (Å²) >= 11 is 0. The van der Waals surface area contributed by atoms with E-state index in [4.69, 9.17) is 11.5 Å². The van der Waals surface area contributed by atoms with Crippen molar-refractivity contribution in [3.63, 3.8) is 0 Å². The molecule has 7 nitrogen and oxygen atoms in total. The van der Waals surface area contributed by atoms with E-state index in [1.54, 1.807) is 0 Å². The fraction of sp³-hybridized carbons (Fsp3) is 0.680. The highest BCUT2D eigenvalue weighted by Gasteiger charge is 2.26. The first-order chi connectivity index (χ1) is 15.2. The van der Waals surface area contributed by atoms with E-state index >= 15 is 0 Å². The summed E-state index contributed by atoms with van der Waals surface area (Å²) in [7, 11) is 8.53. The maximum Gasteiger partial charge on any atom is 0.218 e. The number of hydrogen-bond donors (Lipinski definition) is 2. The van der Waals surface area contributed by atoms with Crippen LogP contribution in [0.1, 0.15) is 37.3 Å². The molecule has 1 aliphatic rings. The van der Waals surface area contributed by atoms with E-state index in [0.717, 1.165) is 25.9 Å². The van der Waals surface area contributed by atoms with E-state index < -0.39 is 0 Å². The standard InChI is InChI=1S/C25H46N7/c1-21(13-18-32(5)16-6-7-17-32)20-28-24(26)29-25(27)31(4)15-12-23-10-8-9-22(19-23)11-14-30(2)3/h8-10,19,21H,6-7,11-18,20H2,1-5H3,(H4,26,27,28,29)/q+1. The van der Waals surface area contributed by atoms with Crippen molar-refractivity contribution < 1.29 is 4.48 Å². The first-order valence-corrected chi connectivity index (χ1v) is 12.1. The average Bonchev–Trinajstić information content (AvgIpc) is 3.20. The van der Waals surface area contributed by atoms with Crippen LogP contribution in [0.4, 0.5) is 0 Å². The molecule has 0 saturated carbocycles. The molecule has 0 aliphatic carbocycles. The highest BCUT2D eigenvalue weighted by atomic mass is 15.3. The van der Waals surface area contributed by atoms with Crippen molar-refractivity contribution in [2.75, 3.05) is 67.5 Å². The minimum Gasteiger partial charge on any atom is -0.369 e. The van der Waals surface area contributed by atoms with Gasteiger partial charge in [-0.15, -0.1) is 0 Å². The summed E-state index contributed by atoms with van der Waals surface area (Å²) in [6.45, 7) is 8.63. The van der Waals surface area contributed by atoms with Gasteiger partial charge in [-0.25, -0.2) is 0 Å². The Morgan fingerprint density at radius 1 is 1.06 bits per heavy atom. The van der Waals surface area contributed by atoms with Crippen LogP contribution in [0.3, 0.4) is 0 Å². The van der Waals surface area contributed by atoms with Gasteiger partial charge in [-0.05, 0) is 44.0 Å². The molecule has 0 amide bonds. The minimum atomic E-state index is 0.272. The van der Waals surface area contributed by atoms with Crippen molar-refractivity contribution in [2.24, 2.45) is 27.4 Å². The zero-order chi connectivity index (χ0) is 23.6. The van der Waals surface area contributed by atoms with Gasteiger partial charge < -0.3 is 25.8 Å². The second kappa shape index (κ2) is 12.8. The molecule has 1 atom stereocenters. The van der Waals surface area contributed by atoms with Crippen LogP contribution in [-0.2, 0) is 12.8 Å². The molecule has 180 valence electrons. The van der Waals surface area contributed by atoms with Gasteiger partial charge in [-0.1, -0.05) is 31.2 Å². The average molecular weight is 445 g/mol. The number of nitrogens with zero attached hydrogens (tertiary/aromatic N) is 5. The number of quaternary nitrogens is 1. The lowest BCUT2D eigenvalue weighted by Gasteiger charge is -2.30. The van der Waals surface area contributed by atoms with Crippen LogP contribution in [0.2, 0.25) is 0 Å². The van der Waals surface area contributed by atoms with E-state index in [9.17, 15) is 0 Å². The first kappa shape index (κ1) is 26.1. The fourth-order valence-corrected chi connectivity index (χ4v) is 4.14. The lowest BCUT2D eigenvalue weighted by atomic mass is 10.1. The van der Waals surface area contributed by atoms with Crippen molar-refractivity contribution >= 4 is 11.9 Å². The molecule has 0 bridgehead atoms. The molecule has 4 N–H and O–H groups in total. The number of nitrogens with two attached hydrogens (primary N) is 2. The number of guanidine groups is 2. The molecular weight excluding hydrogens is 398 g/mol. The van der Waals surface area contributed by atoms with Crippen molar-refractivity contribution in [2.45, 2.75) is 39.0 Å². The SMILES string of the molecule is CC(CC[N+]1(C)CCCC1)CN=C(N)N=C(N)N(C)CCc1cccc(CCN(C)C)c1. The number of rotatable bonds is 11. The van der Waals surface area contributed by atoms with E-state index in [1.807, 2.05) is 11.9 Å². The van der Waals surface area contributed by atoms with Gasteiger partial charge in [0.1, 0.15) is 0 Å². The molecule has 0 radical (unpaired) electrons. The Balaban J connectivity index is 1.77. The summed E-state index contributed by atoms with van der Waals surface area (Å²) < 4.78 is 1.21. The number of likely N-dealkylation sites (N-methyl/N-ethyl adjacent to an activating group) is 2. The van der Waals surface area contributed by atoms with Gasteiger partial charge in [-0.2, -0.15) is 4.99 Å². The molecule has 32 heavy (non-hydrogen) atoms. The van der Waals surface area contributed by atoms with Crippen LogP contribution in [0.25, 0.3) is 0 Å². The summed E-state index contributed by atoms with van der Waals surface area (Å²) in [5.74, 6) is 1.18. The molecule has 0 spiro atoms. The summed E-state index contributed by atoms with van der Waals surface area (Å²) in [5, 5.41) is 0. The topological polar surface area (TPSA) is 83.2 Å². The van der Waals surface area contributed by atoms with Crippen LogP contribution in [0, 0.1) is 5.92 Å². The minimum absolute atomic E-state index is 0.272. The predicted molar refractivity (Wildman–Crippen MR) is 137 cm³/mol. The number of likely N-dealkylation sites (tertiary alicyclic amines) is 1. The van der Waals surface area contributed by atoms with E-state index in [0.29, 0.717) is 18.4 Å². The van der Waals surface area contributed by atoms with Crippen LogP contribution in [0.5, 0.6) is 0 Å². The lowest BCUT2D eigenvalue weighted by Crippen LogP contribution is -2.42. The summed E-state index contributed by atoms with van der Waals surface area (Å²) in [6, 6.07) is 8.78. The Hall–Kier alpha value is -2.12. The highest BCUT2D eigenvalue weighted by Crippen LogP contribution is 2.18. The van der Waals surface area contributed by atoms with Gasteiger partial charge in [0.2, 0.25) is 5.96 Å². The monoisotopic (exact) mass is 444 g/mol. The quantitative estimate of drug-likeness (QED) is 0.311. The lowest BCUT2D eigenvalue weighted by molar-refractivity contribution is -0.898. The van der Waals surface area contributed by atoms with Crippen LogP contribution < -0.4 is 11.5 Å². The van der Waals surface area contributed by atoms with Gasteiger partial charge in [0.05, 0.1) is 26.7 Å². The van der Waals surface area contributed by atoms with Crippen LogP contribution in [0.15, 0.2) is 34.3 Å². The molecule has 1 aromatic rings. The molecule has 1 aromatic carbocycles. The Labute approximate surface area is 195 Å². The molecule has 1 aliphatic heterocycles. The maximum absolute atomic E-state index is 6.17. The zero-order valence-electron chi connectivity index (χ0n) is 21.1. The van der Waals surface area contributed by atoms with Crippen molar-refractivity contribution in [1.82, 2.24) is 9.80 Å². The van der Waals surface area contributed by atoms with Gasteiger partial charge >= 0.3 is 0 Å². The van der Waals surface area contributed by atoms with Gasteiger partial charge in [0.15, 0.2) is 5.96 Å². The Bertz CT molecular complexity index is 750. The highest BCUT2D eigenvalue weighted by molar-refractivity contribution is 5.93. The van der Waals surface area contributed by atoms with Crippen molar-refractivity contribution in [1.29, 1.82) is 0 Å². The van der Waals surface area contributed by atoms with Crippen LogP contribution >= 0.6 is 0 Å². The zero-order valence-corrected chi connectivity index (χ0v) is 21.1. The van der Waals surface area contributed by atoms with E-state index in [2.05, 4.69) is 67.2 Å². The second-order valence-electron chi connectivity index (χ2n) is 10.1. The third-order valence-corrected chi connectivity index (χ3v) is 6.57. The largest absolute Gasteiger partial charge is 0.369 e. The number of aliphatic imine (C=N–C) groups is 2. The Kier molecular flexibility index (Phi) is 10.5. The molecule has 1 fully saturated rings. The smallest absolute Gasteiger partial charge is 0.218 e. The first-order valence-electron chi connectivity index (χ1n) is 12.1. The Morgan fingerprint density at radius 3 is 2.31 bits per heavy atom. The fourth-order valence-electron chi connectivity index (χ4n) is 4.14. The number of hydrogen-bond acceptors (Lipinski definition) is 2. The maximum atomic E-state index is 6.17. The predicted octanol–water partition coefficient (Wildman–Crippen LogP) is 2.16. The van der Waals surface area contributed by atoms with E-state index in [-0.39, 0.29) is 5.96 Å². The molecular formula is C25H46N7+. The molecule has 1 heterocycles. The third-order valence-electron chi connectivity index (χ3n) is 6.57. The van der Waals surface area contributed by atoms with Gasteiger partial charge in [0.25, 0.3) is 0 Å². The Morgan fingerprint density at radius 2 is 1.69 bits per heavy atom. The molecule has 1 unspecified atom stereocenters. The molecule has 1 saturated heterocycles. The van der Waals surface area contributed by atoms with Crippen molar-refractivity contribution in [3.05, 3.63) is 35.4 Å². The van der Waals surface area contributed by atoms with Gasteiger partial charge in [-0.3, -0.25) is 4.99 Å². The normalized spacial score (nSPS) is 17.7. The third kappa shape index (κ3) is 9.57. The van der Waals surface area contributed by atoms with Crippen LogP contribution in [-0.4, -0.2) is 93.7 Å². The molecule has 2 rings (SSSR count). The summed E-state index contributed by atoms with van der Waals surface area (Å²) in [5.41, 5.74) is 14.9. The number of benzene rings is 1. The summed E-state index contributed by atoms with van der Waals surface area (Å²) in [4.78, 5) is 12.9. The van der Waals surface area contributed by atoms with Crippen molar-refractivity contribution in [3.8, 4) is 0 Å². The summed E-state index contributed by atoms with van der Waals surface area (Å²) in [6.07, 6.45) is 5.86. The van der Waals surface area contributed by atoms with Gasteiger partial charge in [0, 0.05) is 45.9 Å².